The van der Waals surface area contributed by atoms with Gasteiger partial charge in [0.2, 0.25) is 0 Å². The molecule has 2 N–H and O–H groups in total. The van der Waals surface area contributed by atoms with E-state index in [0.717, 1.165) is 0 Å². The molecule has 0 aliphatic heterocycles. The molecule has 104 valence electrons. The van der Waals surface area contributed by atoms with Gasteiger partial charge in [0, 0.05) is 16.7 Å². The molecule has 0 spiro atoms. The zero-order valence-corrected chi connectivity index (χ0v) is 11.0. The largest absolute Gasteiger partial charge is 0.508 e. The highest BCUT2D eigenvalue weighted by molar-refractivity contribution is 6.24. The number of allylic oxidation sites excluding steroid dienone is 1. The summed E-state index contributed by atoms with van der Waals surface area (Å²) >= 11 is 0. The van der Waals surface area contributed by atoms with Crippen LogP contribution in [0.2, 0.25) is 0 Å². The minimum atomic E-state index is -1.20. The number of benzene rings is 2. The molecule has 1 atom stereocenters. The molecule has 0 radical (unpaired) electrons. The van der Waals surface area contributed by atoms with Crippen molar-refractivity contribution >= 4 is 11.6 Å². The molecule has 21 heavy (non-hydrogen) atoms. The lowest BCUT2D eigenvalue weighted by Gasteiger charge is -2.19. The van der Waals surface area contributed by atoms with Gasteiger partial charge >= 0.3 is 0 Å². The van der Waals surface area contributed by atoms with Gasteiger partial charge in [-0.3, -0.25) is 9.59 Å². The number of aliphatic hydroxyl groups is 1. The predicted octanol–water partition coefficient (Wildman–Crippen LogP) is 2.43. The summed E-state index contributed by atoms with van der Waals surface area (Å²) in [5.74, 6) is -0.583. The molecule has 0 aromatic heterocycles. The van der Waals surface area contributed by atoms with Crippen LogP contribution in [0.15, 0.2) is 60.2 Å². The van der Waals surface area contributed by atoms with Crippen LogP contribution in [0, 0.1) is 0 Å². The van der Waals surface area contributed by atoms with Crippen LogP contribution in [0.4, 0.5) is 0 Å². The maximum absolute atomic E-state index is 12.4. The van der Waals surface area contributed by atoms with Gasteiger partial charge in [-0.2, -0.15) is 0 Å². The van der Waals surface area contributed by atoms with E-state index in [1.54, 1.807) is 24.3 Å². The smallest absolute Gasteiger partial charge is 0.192 e. The Bertz CT molecular complexity index is 757. The van der Waals surface area contributed by atoms with Crippen LogP contribution in [0.1, 0.15) is 32.4 Å². The lowest BCUT2D eigenvalue weighted by Crippen LogP contribution is -2.21. The number of rotatable bonds is 2. The van der Waals surface area contributed by atoms with E-state index in [4.69, 9.17) is 0 Å². The van der Waals surface area contributed by atoms with Gasteiger partial charge in [-0.1, -0.05) is 36.4 Å². The fourth-order valence-corrected chi connectivity index (χ4v) is 2.38. The van der Waals surface area contributed by atoms with Crippen molar-refractivity contribution in [2.75, 3.05) is 0 Å². The molecule has 0 unspecified atom stereocenters. The first-order valence-corrected chi connectivity index (χ1v) is 6.44. The van der Waals surface area contributed by atoms with Gasteiger partial charge in [0.25, 0.3) is 0 Å². The Morgan fingerprint density at radius 3 is 2.14 bits per heavy atom. The summed E-state index contributed by atoms with van der Waals surface area (Å²) in [6.07, 6.45) is -0.0160. The number of aromatic hydroxyl groups is 1. The van der Waals surface area contributed by atoms with Gasteiger partial charge in [-0.15, -0.1) is 0 Å². The number of hydrogen-bond acceptors (Lipinski definition) is 4. The number of hydrogen-bond donors (Lipinski definition) is 2. The van der Waals surface area contributed by atoms with E-state index in [-0.39, 0.29) is 22.9 Å². The Balaban J connectivity index is 2.02. The fraction of sp³-hybridized carbons (Fsp3) is 0.0588. The minimum Gasteiger partial charge on any atom is -0.508 e. The van der Waals surface area contributed by atoms with Crippen molar-refractivity contribution in [3.05, 3.63) is 76.9 Å². The Kier molecular flexibility index (Phi) is 3.16. The Labute approximate surface area is 121 Å². The topological polar surface area (TPSA) is 74.6 Å². The van der Waals surface area contributed by atoms with Crippen LogP contribution in [0.25, 0.3) is 0 Å². The summed E-state index contributed by atoms with van der Waals surface area (Å²) < 4.78 is 0. The maximum Gasteiger partial charge on any atom is 0.192 e. The summed E-state index contributed by atoms with van der Waals surface area (Å²) in [5, 5.41) is 19.6. The zero-order valence-electron chi connectivity index (χ0n) is 11.0. The molecule has 0 bridgehead atoms. The number of Topliss-reactive ketones (excluding diaryl/α,β-unsaturated/α-hetero) is 1. The molecule has 0 heterocycles. The molecule has 0 amide bonds. The highest BCUT2D eigenvalue weighted by Crippen LogP contribution is 2.30. The quantitative estimate of drug-likeness (QED) is 0.886. The SMILES string of the molecule is O=C1C=C([C@H](O)c2ccc(O)cc2)C(=O)c2ccccc21. The lowest BCUT2D eigenvalue weighted by molar-refractivity contribution is 0.0947. The van der Waals surface area contributed by atoms with Crippen LogP contribution in [-0.2, 0) is 0 Å². The molecule has 0 saturated carbocycles. The van der Waals surface area contributed by atoms with E-state index < -0.39 is 6.10 Å². The van der Waals surface area contributed by atoms with E-state index >= 15 is 0 Å². The molecule has 0 saturated heterocycles. The molecule has 4 heteroatoms. The molecule has 4 nitrogen and oxygen atoms in total. The number of phenols is 1. The molecular weight excluding hydrogens is 268 g/mol. The number of ketones is 2. The number of aliphatic hydroxyl groups excluding tert-OH is 1. The molecule has 2 aromatic rings. The first kappa shape index (κ1) is 13.3. The van der Waals surface area contributed by atoms with Gasteiger partial charge in [0.15, 0.2) is 11.6 Å². The van der Waals surface area contributed by atoms with Crippen molar-refractivity contribution in [3.63, 3.8) is 0 Å². The third-order valence-corrected chi connectivity index (χ3v) is 3.49. The second kappa shape index (κ2) is 5.00. The highest BCUT2D eigenvalue weighted by atomic mass is 16.3. The average Bonchev–Trinajstić information content (AvgIpc) is 2.51. The summed E-state index contributed by atoms with van der Waals surface area (Å²) in [6.45, 7) is 0. The van der Waals surface area contributed by atoms with Gasteiger partial charge < -0.3 is 10.2 Å². The first-order chi connectivity index (χ1) is 10.1. The van der Waals surface area contributed by atoms with Crippen molar-refractivity contribution in [2.24, 2.45) is 0 Å². The van der Waals surface area contributed by atoms with E-state index in [9.17, 15) is 19.8 Å². The van der Waals surface area contributed by atoms with Crippen molar-refractivity contribution in [1.29, 1.82) is 0 Å². The van der Waals surface area contributed by atoms with E-state index in [0.29, 0.717) is 16.7 Å². The molecule has 2 aromatic carbocycles. The van der Waals surface area contributed by atoms with Crippen molar-refractivity contribution < 1.29 is 19.8 Å². The normalized spacial score (nSPS) is 15.4. The summed E-state index contributed by atoms with van der Waals surface area (Å²) in [6, 6.07) is 12.4. The van der Waals surface area contributed by atoms with Crippen molar-refractivity contribution in [1.82, 2.24) is 0 Å². The second-order valence-corrected chi connectivity index (χ2v) is 4.83. The summed E-state index contributed by atoms with van der Waals surface area (Å²) in [4.78, 5) is 24.5. The number of carbonyl (C=O) groups is 2. The monoisotopic (exact) mass is 280 g/mol. The van der Waals surface area contributed by atoms with E-state index in [2.05, 4.69) is 0 Å². The van der Waals surface area contributed by atoms with Gasteiger partial charge in [-0.25, -0.2) is 0 Å². The Hall–Kier alpha value is -2.72. The molecule has 1 aliphatic rings. The predicted molar refractivity (Wildman–Crippen MR) is 76.3 cm³/mol. The van der Waals surface area contributed by atoms with Gasteiger partial charge in [0.05, 0.1) is 0 Å². The lowest BCUT2D eigenvalue weighted by atomic mass is 9.85. The molecule has 1 aliphatic carbocycles. The maximum atomic E-state index is 12.4. The summed E-state index contributed by atoms with van der Waals surface area (Å²) in [7, 11) is 0. The van der Waals surface area contributed by atoms with Crippen LogP contribution < -0.4 is 0 Å². The highest BCUT2D eigenvalue weighted by Gasteiger charge is 2.29. The van der Waals surface area contributed by atoms with Crippen molar-refractivity contribution in [2.45, 2.75) is 6.10 Å². The fourth-order valence-electron chi connectivity index (χ4n) is 2.38. The Morgan fingerprint density at radius 1 is 0.857 bits per heavy atom. The standard InChI is InChI=1S/C17H12O4/c18-11-7-5-10(6-8-11)16(20)14-9-15(19)12-3-1-2-4-13(12)17(14)21/h1-9,16,18,20H/t16-/m1/s1. The third-order valence-electron chi connectivity index (χ3n) is 3.49. The average molecular weight is 280 g/mol. The van der Waals surface area contributed by atoms with E-state index in [1.165, 1.54) is 30.3 Å². The van der Waals surface area contributed by atoms with Crippen LogP contribution in [0.5, 0.6) is 5.75 Å². The van der Waals surface area contributed by atoms with Crippen molar-refractivity contribution in [3.8, 4) is 5.75 Å². The number of fused-ring (bicyclic) bond motifs is 1. The number of phenolic OH excluding ortho intramolecular Hbond substituents is 1. The number of carbonyl (C=O) groups excluding carboxylic acids is 2. The zero-order chi connectivity index (χ0) is 15.0. The summed E-state index contributed by atoms with van der Waals surface area (Å²) in [5.41, 5.74) is 1.14. The molecule has 3 rings (SSSR count). The second-order valence-electron chi connectivity index (χ2n) is 4.83. The Morgan fingerprint density at radius 2 is 1.48 bits per heavy atom. The first-order valence-electron chi connectivity index (χ1n) is 6.44. The minimum absolute atomic E-state index is 0.0457. The molecular formula is C17H12O4. The van der Waals surface area contributed by atoms with Crippen LogP contribution in [0.3, 0.4) is 0 Å². The third kappa shape index (κ3) is 2.26. The van der Waals surface area contributed by atoms with Crippen LogP contribution >= 0.6 is 0 Å². The van der Waals surface area contributed by atoms with Gasteiger partial charge in [0.1, 0.15) is 11.9 Å². The van der Waals surface area contributed by atoms with E-state index in [1.807, 2.05) is 0 Å². The van der Waals surface area contributed by atoms with Gasteiger partial charge in [-0.05, 0) is 23.8 Å². The molecule has 0 fully saturated rings. The van der Waals surface area contributed by atoms with Crippen LogP contribution in [-0.4, -0.2) is 21.8 Å².